The van der Waals surface area contributed by atoms with Crippen LogP contribution in [0.1, 0.15) is 34.3 Å². The number of rotatable bonds is 2. The summed E-state index contributed by atoms with van der Waals surface area (Å²) in [6.07, 6.45) is 4.98. The number of fused-ring (bicyclic) bond motifs is 2. The molecule has 1 unspecified atom stereocenters. The maximum Gasteiger partial charge on any atom is 0.339 e. The first-order valence-corrected chi connectivity index (χ1v) is 8.53. The van der Waals surface area contributed by atoms with E-state index >= 15 is 0 Å². The van der Waals surface area contributed by atoms with Crippen molar-refractivity contribution in [1.29, 1.82) is 0 Å². The first kappa shape index (κ1) is 15.6. The number of hydrogen-bond acceptors (Lipinski definition) is 3. The van der Waals surface area contributed by atoms with Crippen molar-refractivity contribution in [1.82, 2.24) is 4.90 Å². The molecule has 4 nitrogen and oxygen atoms in total. The Kier molecular flexibility index (Phi) is 3.88. The molecule has 1 amide bonds. The van der Waals surface area contributed by atoms with E-state index in [1.54, 1.807) is 17.0 Å². The van der Waals surface area contributed by atoms with Gasteiger partial charge in [-0.25, -0.2) is 4.79 Å². The van der Waals surface area contributed by atoms with Gasteiger partial charge in [0.1, 0.15) is 0 Å². The predicted molar refractivity (Wildman–Crippen MR) is 94.8 cm³/mol. The molecular weight excluding hydrogens is 314 g/mol. The van der Waals surface area contributed by atoms with Crippen molar-refractivity contribution in [3.8, 4) is 0 Å². The van der Waals surface area contributed by atoms with Crippen molar-refractivity contribution in [2.45, 2.75) is 18.4 Å². The maximum atomic E-state index is 12.6. The van der Waals surface area contributed by atoms with Crippen molar-refractivity contribution >= 4 is 18.0 Å². The molecule has 2 aliphatic rings. The molecular formula is C21H19NO3. The summed E-state index contributed by atoms with van der Waals surface area (Å²) >= 11 is 0. The molecule has 2 aromatic rings. The highest BCUT2D eigenvalue weighted by atomic mass is 16.6. The summed E-state index contributed by atoms with van der Waals surface area (Å²) in [6, 6.07) is 17.2. The minimum Gasteiger partial charge on any atom is -0.449 e. The van der Waals surface area contributed by atoms with E-state index < -0.39 is 5.60 Å². The van der Waals surface area contributed by atoms with Crippen LogP contribution in [0.5, 0.6) is 0 Å². The van der Waals surface area contributed by atoms with Crippen molar-refractivity contribution < 1.29 is 14.3 Å². The van der Waals surface area contributed by atoms with E-state index in [1.165, 1.54) is 0 Å². The summed E-state index contributed by atoms with van der Waals surface area (Å²) in [5.74, 6) is -0.340. The molecule has 2 aromatic carbocycles. The van der Waals surface area contributed by atoms with Gasteiger partial charge in [-0.1, -0.05) is 48.5 Å². The second-order valence-electron chi connectivity index (χ2n) is 6.54. The third-order valence-corrected chi connectivity index (χ3v) is 4.91. The quantitative estimate of drug-likeness (QED) is 0.625. The van der Waals surface area contributed by atoms with Crippen LogP contribution in [0.2, 0.25) is 0 Å². The first-order chi connectivity index (χ1) is 12.2. The Bertz CT molecular complexity index is 843. The smallest absolute Gasteiger partial charge is 0.339 e. The van der Waals surface area contributed by atoms with Crippen LogP contribution in [0.15, 0.2) is 60.7 Å². The highest BCUT2D eigenvalue weighted by Crippen LogP contribution is 2.42. The van der Waals surface area contributed by atoms with Crippen molar-refractivity contribution in [3.05, 3.63) is 77.4 Å². The second kappa shape index (κ2) is 6.20. The average Bonchev–Trinajstić information content (AvgIpc) is 2.92. The van der Waals surface area contributed by atoms with Crippen LogP contribution in [0.4, 0.5) is 0 Å². The molecule has 0 aliphatic carbocycles. The predicted octanol–water partition coefficient (Wildman–Crippen LogP) is 3.39. The van der Waals surface area contributed by atoms with Gasteiger partial charge in [0, 0.05) is 18.2 Å². The summed E-state index contributed by atoms with van der Waals surface area (Å²) in [5, 5.41) is 0. The van der Waals surface area contributed by atoms with E-state index in [2.05, 4.69) is 0 Å². The number of benzene rings is 2. The fourth-order valence-corrected chi connectivity index (χ4v) is 3.70. The van der Waals surface area contributed by atoms with E-state index in [0.29, 0.717) is 18.7 Å². The van der Waals surface area contributed by atoms with E-state index in [9.17, 15) is 9.59 Å². The zero-order chi connectivity index (χ0) is 17.3. The lowest BCUT2D eigenvalue weighted by Gasteiger charge is -2.39. The van der Waals surface area contributed by atoms with Gasteiger partial charge >= 0.3 is 5.97 Å². The molecule has 1 spiro atoms. The van der Waals surface area contributed by atoms with Crippen molar-refractivity contribution in [2.24, 2.45) is 0 Å². The first-order valence-electron chi connectivity index (χ1n) is 8.53. The molecule has 1 saturated heterocycles. The van der Waals surface area contributed by atoms with Gasteiger partial charge in [-0.2, -0.15) is 0 Å². The second-order valence-corrected chi connectivity index (χ2v) is 6.54. The van der Waals surface area contributed by atoms with E-state index in [4.69, 9.17) is 4.74 Å². The van der Waals surface area contributed by atoms with E-state index in [0.717, 1.165) is 24.0 Å². The number of hydrogen-bond donors (Lipinski definition) is 0. The number of piperidine rings is 1. The molecule has 1 fully saturated rings. The van der Waals surface area contributed by atoms with Crippen molar-refractivity contribution in [2.75, 3.05) is 13.1 Å². The summed E-state index contributed by atoms with van der Waals surface area (Å²) in [6.45, 7) is 1.09. The van der Waals surface area contributed by atoms with Gasteiger partial charge in [-0.3, -0.25) is 4.79 Å². The van der Waals surface area contributed by atoms with Crippen molar-refractivity contribution in [3.63, 3.8) is 0 Å². The molecule has 126 valence electrons. The summed E-state index contributed by atoms with van der Waals surface area (Å²) in [7, 11) is 0. The molecule has 4 rings (SSSR count). The number of likely N-dealkylation sites (tertiary alicyclic amines) is 1. The Balaban J connectivity index is 1.55. The molecule has 0 N–H and O–H groups in total. The van der Waals surface area contributed by atoms with E-state index in [-0.39, 0.29) is 11.9 Å². The van der Waals surface area contributed by atoms with Crippen LogP contribution in [0, 0.1) is 0 Å². The third-order valence-electron chi connectivity index (χ3n) is 4.91. The standard InChI is InChI=1S/C21H19NO3/c23-19(12-11-16-7-2-1-3-8-16)22-14-6-13-21(15-22)18-10-5-4-9-17(18)20(24)25-21/h1-5,7-12H,6,13-15H2/b12-11+. The molecule has 25 heavy (non-hydrogen) atoms. The summed E-state index contributed by atoms with van der Waals surface area (Å²) in [4.78, 5) is 26.6. The Morgan fingerprint density at radius 1 is 1.08 bits per heavy atom. The molecule has 4 heteroatoms. The fourth-order valence-electron chi connectivity index (χ4n) is 3.70. The molecule has 0 saturated carbocycles. The Morgan fingerprint density at radius 2 is 1.84 bits per heavy atom. The zero-order valence-electron chi connectivity index (χ0n) is 13.9. The van der Waals surface area contributed by atoms with Gasteiger partial charge in [0.2, 0.25) is 5.91 Å². The minimum atomic E-state index is -0.692. The van der Waals surface area contributed by atoms with Gasteiger partial charge in [0.05, 0.1) is 12.1 Å². The molecule has 0 bridgehead atoms. The van der Waals surface area contributed by atoms with Gasteiger partial charge in [-0.15, -0.1) is 0 Å². The van der Waals surface area contributed by atoms with Gasteiger partial charge in [-0.05, 0) is 30.5 Å². The molecule has 0 radical (unpaired) electrons. The number of nitrogens with zero attached hydrogens (tertiary/aromatic N) is 1. The Morgan fingerprint density at radius 3 is 2.68 bits per heavy atom. The topological polar surface area (TPSA) is 46.6 Å². The maximum absolute atomic E-state index is 12.6. The lowest BCUT2D eigenvalue weighted by Crippen LogP contribution is -2.48. The lowest BCUT2D eigenvalue weighted by atomic mass is 9.85. The number of ether oxygens (including phenoxy) is 1. The highest BCUT2D eigenvalue weighted by Gasteiger charge is 2.48. The summed E-state index contributed by atoms with van der Waals surface area (Å²) < 4.78 is 5.75. The number of carbonyl (C=O) groups excluding carboxylic acids is 2. The zero-order valence-corrected chi connectivity index (χ0v) is 13.9. The number of amides is 1. The normalized spacial score (nSPS) is 22.2. The number of esters is 1. The Labute approximate surface area is 146 Å². The van der Waals surface area contributed by atoms with Gasteiger partial charge in [0.15, 0.2) is 5.60 Å². The van der Waals surface area contributed by atoms with Crippen LogP contribution in [-0.4, -0.2) is 29.9 Å². The summed E-state index contributed by atoms with van der Waals surface area (Å²) in [5.41, 5.74) is 1.82. The highest BCUT2D eigenvalue weighted by molar-refractivity contribution is 5.95. The third kappa shape index (κ3) is 2.84. The van der Waals surface area contributed by atoms with Crippen LogP contribution in [0.25, 0.3) is 6.08 Å². The lowest BCUT2D eigenvalue weighted by molar-refractivity contribution is -0.133. The van der Waals surface area contributed by atoms with Gasteiger partial charge in [0.25, 0.3) is 0 Å². The fraction of sp³-hybridized carbons (Fsp3) is 0.238. The molecule has 2 heterocycles. The molecule has 1 atom stereocenters. The van der Waals surface area contributed by atoms with Crippen LogP contribution in [-0.2, 0) is 15.1 Å². The largest absolute Gasteiger partial charge is 0.449 e. The average molecular weight is 333 g/mol. The Hall–Kier alpha value is -2.88. The van der Waals surface area contributed by atoms with Crippen LogP contribution >= 0.6 is 0 Å². The minimum absolute atomic E-state index is 0.0524. The van der Waals surface area contributed by atoms with Crippen LogP contribution in [0.3, 0.4) is 0 Å². The molecule has 0 aromatic heterocycles. The molecule has 2 aliphatic heterocycles. The van der Waals surface area contributed by atoms with E-state index in [1.807, 2.05) is 54.6 Å². The SMILES string of the molecule is O=C1OC2(CCCN(C(=O)/C=C/c3ccccc3)C2)c2ccccc21. The number of carbonyl (C=O) groups is 2. The monoisotopic (exact) mass is 333 g/mol. The van der Waals surface area contributed by atoms with Crippen LogP contribution < -0.4 is 0 Å². The van der Waals surface area contributed by atoms with Gasteiger partial charge < -0.3 is 9.64 Å².